The number of carbonyl (C=O) groups excluding carboxylic acids is 1. The second-order valence-corrected chi connectivity index (χ2v) is 5.79. The van der Waals surface area contributed by atoms with Gasteiger partial charge in [-0.25, -0.2) is 0 Å². The number of hydrogen-bond donors (Lipinski definition) is 1. The number of ether oxygens (including phenoxy) is 1. The average molecular weight is 284 g/mol. The van der Waals surface area contributed by atoms with E-state index in [1.54, 1.807) is 0 Å². The third kappa shape index (κ3) is 3.30. The topological polar surface area (TPSA) is 70.1 Å². The number of carbonyl (C=O) groups is 2. The van der Waals surface area contributed by atoms with Gasteiger partial charge in [0.25, 0.3) is 0 Å². The van der Waals surface area contributed by atoms with Crippen LogP contribution in [0.25, 0.3) is 0 Å². The molecule has 1 atom stereocenters. The molecule has 2 fully saturated rings. The van der Waals surface area contributed by atoms with Crippen molar-refractivity contribution in [2.75, 3.05) is 45.9 Å². The molecule has 0 aliphatic carbocycles. The first-order valence-electron chi connectivity index (χ1n) is 7.39. The van der Waals surface area contributed by atoms with Crippen LogP contribution in [0.15, 0.2) is 0 Å². The number of rotatable bonds is 5. The highest BCUT2D eigenvalue weighted by Crippen LogP contribution is 2.35. The van der Waals surface area contributed by atoms with E-state index < -0.39 is 11.4 Å². The summed E-state index contributed by atoms with van der Waals surface area (Å²) in [5.74, 6) is -0.633. The van der Waals surface area contributed by atoms with Gasteiger partial charge in [-0.3, -0.25) is 14.5 Å². The summed E-state index contributed by atoms with van der Waals surface area (Å²) in [5, 5.41) is 9.46. The fraction of sp³-hybridized carbons (Fsp3) is 0.857. The maximum absolute atomic E-state index is 12.2. The van der Waals surface area contributed by atoms with Crippen LogP contribution in [0, 0.1) is 5.41 Å². The summed E-state index contributed by atoms with van der Waals surface area (Å²) in [5.41, 5.74) is -0.653. The second kappa shape index (κ2) is 6.54. The van der Waals surface area contributed by atoms with Gasteiger partial charge in [0.1, 0.15) is 0 Å². The highest BCUT2D eigenvalue weighted by molar-refractivity contribution is 5.79. The number of carboxylic acids is 1. The molecule has 0 bridgehead atoms. The zero-order valence-electron chi connectivity index (χ0n) is 12.1. The van der Waals surface area contributed by atoms with Crippen molar-refractivity contribution in [3.8, 4) is 0 Å². The molecule has 0 aromatic carbocycles. The molecule has 2 saturated heterocycles. The molecule has 0 spiro atoms. The van der Waals surface area contributed by atoms with Crippen molar-refractivity contribution in [1.29, 1.82) is 0 Å². The van der Waals surface area contributed by atoms with Crippen LogP contribution >= 0.6 is 0 Å². The third-order valence-electron chi connectivity index (χ3n) is 4.34. The van der Waals surface area contributed by atoms with Gasteiger partial charge in [0.05, 0.1) is 25.2 Å². The van der Waals surface area contributed by atoms with E-state index in [0.717, 1.165) is 6.42 Å². The van der Waals surface area contributed by atoms with Gasteiger partial charge >= 0.3 is 5.97 Å². The molecule has 0 aromatic heterocycles. The molecule has 1 amide bonds. The van der Waals surface area contributed by atoms with Crippen LogP contribution in [0.5, 0.6) is 0 Å². The molecule has 1 unspecified atom stereocenters. The minimum Gasteiger partial charge on any atom is -0.481 e. The van der Waals surface area contributed by atoms with E-state index >= 15 is 0 Å². The molecule has 2 aliphatic rings. The van der Waals surface area contributed by atoms with E-state index in [1.807, 2.05) is 16.7 Å². The minimum atomic E-state index is -0.722. The SMILES string of the molecule is CCCC1(C(=O)O)CCN(CC(=O)N2CCOCC2)C1. The molecular weight excluding hydrogens is 260 g/mol. The van der Waals surface area contributed by atoms with Gasteiger partial charge in [-0.2, -0.15) is 0 Å². The van der Waals surface area contributed by atoms with Gasteiger partial charge in [-0.1, -0.05) is 13.3 Å². The summed E-state index contributed by atoms with van der Waals surface area (Å²) in [7, 11) is 0. The summed E-state index contributed by atoms with van der Waals surface area (Å²) in [6.07, 6.45) is 2.19. The highest BCUT2D eigenvalue weighted by atomic mass is 16.5. The molecule has 0 aromatic rings. The largest absolute Gasteiger partial charge is 0.481 e. The Bertz CT molecular complexity index is 368. The van der Waals surface area contributed by atoms with Gasteiger partial charge in [0.15, 0.2) is 0 Å². The smallest absolute Gasteiger partial charge is 0.310 e. The van der Waals surface area contributed by atoms with Crippen molar-refractivity contribution in [2.24, 2.45) is 5.41 Å². The zero-order chi connectivity index (χ0) is 14.6. The average Bonchev–Trinajstić information content (AvgIpc) is 2.84. The molecule has 0 saturated carbocycles. The standard InChI is InChI=1S/C14H24N2O4/c1-2-3-14(13(18)19)4-5-15(11-14)10-12(17)16-6-8-20-9-7-16/h2-11H2,1H3,(H,18,19). The number of nitrogens with zero attached hydrogens (tertiary/aromatic N) is 2. The van der Waals surface area contributed by atoms with Crippen molar-refractivity contribution >= 4 is 11.9 Å². The number of aliphatic carboxylic acids is 1. The number of likely N-dealkylation sites (tertiary alicyclic amines) is 1. The van der Waals surface area contributed by atoms with Crippen molar-refractivity contribution in [3.63, 3.8) is 0 Å². The van der Waals surface area contributed by atoms with Gasteiger partial charge < -0.3 is 14.7 Å². The predicted octanol–water partition coefficient (Wildman–Crippen LogP) is 0.422. The van der Waals surface area contributed by atoms with Gasteiger partial charge in [0.2, 0.25) is 5.91 Å². The summed E-state index contributed by atoms with van der Waals surface area (Å²) in [6.45, 7) is 6.01. The maximum Gasteiger partial charge on any atom is 0.310 e. The van der Waals surface area contributed by atoms with Crippen LogP contribution in [-0.4, -0.2) is 72.7 Å². The van der Waals surface area contributed by atoms with E-state index in [4.69, 9.17) is 4.74 Å². The van der Waals surface area contributed by atoms with Crippen LogP contribution < -0.4 is 0 Å². The monoisotopic (exact) mass is 284 g/mol. The quantitative estimate of drug-likeness (QED) is 0.792. The molecule has 2 aliphatic heterocycles. The van der Waals surface area contributed by atoms with Crippen LogP contribution in [0.3, 0.4) is 0 Å². The lowest BCUT2D eigenvalue weighted by atomic mass is 9.83. The van der Waals surface area contributed by atoms with E-state index in [-0.39, 0.29) is 5.91 Å². The van der Waals surface area contributed by atoms with Gasteiger partial charge in [-0.05, 0) is 19.4 Å². The Labute approximate surface area is 119 Å². The number of hydrogen-bond acceptors (Lipinski definition) is 4. The van der Waals surface area contributed by atoms with Gasteiger partial charge in [-0.15, -0.1) is 0 Å². The van der Waals surface area contributed by atoms with E-state index in [0.29, 0.717) is 58.8 Å². The van der Waals surface area contributed by atoms with E-state index in [2.05, 4.69) is 0 Å². The fourth-order valence-electron chi connectivity index (χ4n) is 3.16. The van der Waals surface area contributed by atoms with Crippen molar-refractivity contribution < 1.29 is 19.4 Å². The first-order valence-corrected chi connectivity index (χ1v) is 7.39. The summed E-state index contributed by atoms with van der Waals surface area (Å²) in [4.78, 5) is 27.5. The minimum absolute atomic E-state index is 0.0889. The van der Waals surface area contributed by atoms with E-state index in [1.165, 1.54) is 0 Å². The summed E-state index contributed by atoms with van der Waals surface area (Å²) >= 11 is 0. The first kappa shape index (κ1) is 15.3. The molecule has 1 N–H and O–H groups in total. The molecule has 0 radical (unpaired) electrons. The van der Waals surface area contributed by atoms with Crippen LogP contribution in [0.2, 0.25) is 0 Å². The van der Waals surface area contributed by atoms with Crippen LogP contribution in [0.1, 0.15) is 26.2 Å². The fourth-order valence-corrected chi connectivity index (χ4v) is 3.16. The summed E-state index contributed by atoms with van der Waals surface area (Å²) < 4.78 is 5.23. The third-order valence-corrected chi connectivity index (χ3v) is 4.34. The number of morpholine rings is 1. The lowest BCUT2D eigenvalue weighted by Crippen LogP contribution is -2.46. The normalized spacial score (nSPS) is 27.8. The highest BCUT2D eigenvalue weighted by Gasteiger charge is 2.44. The molecule has 20 heavy (non-hydrogen) atoms. The van der Waals surface area contributed by atoms with E-state index in [9.17, 15) is 14.7 Å². The van der Waals surface area contributed by atoms with Gasteiger partial charge in [0, 0.05) is 19.6 Å². The lowest BCUT2D eigenvalue weighted by Gasteiger charge is -2.29. The second-order valence-electron chi connectivity index (χ2n) is 5.79. The Hall–Kier alpha value is -1.14. The lowest BCUT2D eigenvalue weighted by molar-refractivity contribution is -0.149. The Morgan fingerprint density at radius 3 is 2.55 bits per heavy atom. The molecule has 2 rings (SSSR count). The molecule has 6 nitrogen and oxygen atoms in total. The summed E-state index contributed by atoms with van der Waals surface area (Å²) in [6, 6.07) is 0. The Morgan fingerprint density at radius 2 is 1.95 bits per heavy atom. The van der Waals surface area contributed by atoms with Crippen LogP contribution in [0.4, 0.5) is 0 Å². The first-order chi connectivity index (χ1) is 9.57. The van der Waals surface area contributed by atoms with Crippen molar-refractivity contribution in [2.45, 2.75) is 26.2 Å². The zero-order valence-corrected chi connectivity index (χ0v) is 12.1. The van der Waals surface area contributed by atoms with Crippen molar-refractivity contribution in [1.82, 2.24) is 9.80 Å². The molecular formula is C14H24N2O4. The number of amides is 1. The number of carboxylic acid groups (broad SMARTS) is 1. The molecule has 6 heteroatoms. The maximum atomic E-state index is 12.2. The Morgan fingerprint density at radius 1 is 1.25 bits per heavy atom. The molecule has 114 valence electrons. The predicted molar refractivity (Wildman–Crippen MR) is 73.4 cm³/mol. The molecule has 2 heterocycles. The Kier molecular flexibility index (Phi) is 4.99. The van der Waals surface area contributed by atoms with Crippen LogP contribution in [-0.2, 0) is 14.3 Å². The Balaban J connectivity index is 1.88. The van der Waals surface area contributed by atoms with Crippen molar-refractivity contribution in [3.05, 3.63) is 0 Å².